The van der Waals surface area contributed by atoms with Crippen LogP contribution in [0.2, 0.25) is 0 Å². The van der Waals surface area contributed by atoms with Crippen LogP contribution in [0, 0.1) is 3.95 Å². The van der Waals surface area contributed by atoms with Crippen LogP contribution >= 0.6 is 23.6 Å². The highest BCUT2D eigenvalue weighted by Gasteiger charge is 2.30. The van der Waals surface area contributed by atoms with Gasteiger partial charge in [-0.15, -0.1) is 0 Å². The monoisotopic (exact) mass is 399 g/mol. The van der Waals surface area contributed by atoms with E-state index >= 15 is 0 Å². The summed E-state index contributed by atoms with van der Waals surface area (Å²) in [5.74, 6) is 1.53. The molecule has 0 amide bonds. The Kier molecular flexibility index (Phi) is 5.24. The van der Waals surface area contributed by atoms with Gasteiger partial charge in [-0.05, 0) is 47.5 Å². The molecule has 4 rings (SSSR count). The summed E-state index contributed by atoms with van der Waals surface area (Å²) in [6.45, 7) is 1.58. The Bertz CT molecular complexity index is 984. The third-order valence-corrected chi connectivity index (χ3v) is 6.07. The maximum atomic E-state index is 5.57. The summed E-state index contributed by atoms with van der Waals surface area (Å²) in [6, 6.07) is 14.9. The molecular weight excluding hydrogens is 378 g/mol. The van der Waals surface area contributed by atoms with Crippen LogP contribution in [0.25, 0.3) is 0 Å². The highest BCUT2D eigenvalue weighted by atomic mass is 32.1. The number of fused-ring (bicyclic) bond motifs is 1. The molecule has 1 atom stereocenters. The molecule has 0 aliphatic carbocycles. The van der Waals surface area contributed by atoms with E-state index in [0.717, 1.165) is 28.4 Å². The Balaban J connectivity index is 1.81. The van der Waals surface area contributed by atoms with Gasteiger partial charge >= 0.3 is 0 Å². The minimum absolute atomic E-state index is 0.110. The molecule has 2 heterocycles. The predicted octanol–water partition coefficient (Wildman–Crippen LogP) is 4.30. The van der Waals surface area contributed by atoms with E-state index in [-0.39, 0.29) is 6.04 Å². The average molecular weight is 400 g/mol. The van der Waals surface area contributed by atoms with Gasteiger partial charge in [-0.3, -0.25) is 4.90 Å². The summed E-state index contributed by atoms with van der Waals surface area (Å²) in [4.78, 5) is 2.42. The van der Waals surface area contributed by atoms with E-state index in [9.17, 15) is 0 Å². The molecule has 27 heavy (non-hydrogen) atoms. The van der Waals surface area contributed by atoms with Gasteiger partial charge in [-0.1, -0.05) is 41.7 Å². The molecule has 0 bridgehead atoms. The maximum Gasteiger partial charge on any atom is 0.180 e. The Morgan fingerprint density at radius 3 is 2.56 bits per heavy atom. The first-order valence-electron chi connectivity index (χ1n) is 8.75. The molecular formula is C20H21N3O2S2. The van der Waals surface area contributed by atoms with Gasteiger partial charge in [0.25, 0.3) is 0 Å². The number of methoxy groups -OCH3 is 2. The Hall–Kier alpha value is -2.22. The highest BCUT2D eigenvalue weighted by Crippen LogP contribution is 2.41. The number of hydrogen-bond donors (Lipinski definition) is 0. The lowest BCUT2D eigenvalue weighted by molar-refractivity contribution is 0.155. The summed E-state index contributed by atoms with van der Waals surface area (Å²) < 4.78 is 13.8. The normalized spacial score (nSPS) is 16.7. The quantitative estimate of drug-likeness (QED) is 0.598. The van der Waals surface area contributed by atoms with E-state index in [4.69, 9.17) is 21.7 Å². The van der Waals surface area contributed by atoms with E-state index in [1.165, 1.54) is 28.0 Å². The lowest BCUT2D eigenvalue weighted by Gasteiger charge is -2.37. The van der Waals surface area contributed by atoms with Crippen LogP contribution in [-0.2, 0) is 13.1 Å². The lowest BCUT2D eigenvalue weighted by atomic mass is 9.88. The van der Waals surface area contributed by atoms with Crippen molar-refractivity contribution in [2.45, 2.75) is 19.1 Å². The number of nitrogens with zero attached hydrogens (tertiary/aromatic N) is 3. The van der Waals surface area contributed by atoms with Crippen LogP contribution in [-0.4, -0.2) is 35.4 Å². The molecule has 0 spiro atoms. The zero-order chi connectivity index (χ0) is 18.8. The molecule has 1 aliphatic rings. The summed E-state index contributed by atoms with van der Waals surface area (Å²) in [5.41, 5.74) is 5.57. The van der Waals surface area contributed by atoms with Gasteiger partial charge in [0.1, 0.15) is 5.51 Å². The molecule has 1 aromatic heterocycles. The fourth-order valence-corrected chi connectivity index (χ4v) is 4.39. The molecule has 0 N–H and O–H groups in total. The van der Waals surface area contributed by atoms with Gasteiger partial charge < -0.3 is 9.47 Å². The molecule has 0 fully saturated rings. The van der Waals surface area contributed by atoms with Crippen molar-refractivity contribution in [3.8, 4) is 11.5 Å². The average Bonchev–Trinajstić information content (AvgIpc) is 3.11. The second-order valence-electron chi connectivity index (χ2n) is 6.43. The number of ether oxygens (including phenoxy) is 2. The Morgan fingerprint density at radius 1 is 1.15 bits per heavy atom. The van der Waals surface area contributed by atoms with Crippen LogP contribution in [0.15, 0.2) is 48.0 Å². The van der Waals surface area contributed by atoms with Crippen molar-refractivity contribution in [2.75, 3.05) is 20.8 Å². The number of hydrogen-bond acceptors (Lipinski definition) is 6. The second kappa shape index (κ2) is 7.80. The molecule has 3 aromatic rings. The lowest BCUT2D eigenvalue weighted by Crippen LogP contribution is -2.37. The first kappa shape index (κ1) is 18.2. The van der Waals surface area contributed by atoms with E-state index in [0.29, 0.717) is 6.67 Å². The molecule has 2 aromatic carbocycles. The van der Waals surface area contributed by atoms with Crippen molar-refractivity contribution in [2.24, 2.45) is 0 Å². The van der Waals surface area contributed by atoms with Crippen LogP contribution in [0.1, 0.15) is 22.7 Å². The Morgan fingerprint density at radius 2 is 1.89 bits per heavy atom. The first-order valence-corrected chi connectivity index (χ1v) is 10.0. The third kappa shape index (κ3) is 3.50. The second-order valence-corrected chi connectivity index (χ2v) is 7.91. The van der Waals surface area contributed by atoms with Crippen LogP contribution in [0.5, 0.6) is 11.5 Å². The summed E-state index contributed by atoms with van der Waals surface area (Å²) in [6.07, 6.45) is 0.941. The van der Waals surface area contributed by atoms with Crippen molar-refractivity contribution >= 4 is 23.6 Å². The minimum Gasteiger partial charge on any atom is -0.493 e. The zero-order valence-electron chi connectivity index (χ0n) is 15.3. The van der Waals surface area contributed by atoms with Gasteiger partial charge in [0, 0.05) is 6.54 Å². The van der Waals surface area contributed by atoms with Crippen molar-refractivity contribution in [1.29, 1.82) is 0 Å². The topological polar surface area (TPSA) is 39.5 Å². The van der Waals surface area contributed by atoms with Crippen molar-refractivity contribution in [3.05, 3.63) is 68.6 Å². The third-order valence-electron chi connectivity index (χ3n) is 4.96. The summed E-state index contributed by atoms with van der Waals surface area (Å²) in [5, 5.41) is 4.40. The van der Waals surface area contributed by atoms with Crippen LogP contribution in [0.4, 0.5) is 0 Å². The summed E-state index contributed by atoms with van der Waals surface area (Å²) in [7, 11) is 3.36. The largest absolute Gasteiger partial charge is 0.493 e. The SMILES string of the molecule is COc1cc2c(cc1OC)C(c1ccccc1)N(Cn1ncsc1=S)CC2. The Labute approximate surface area is 167 Å². The fourth-order valence-electron chi connectivity index (χ4n) is 3.68. The zero-order valence-corrected chi connectivity index (χ0v) is 16.9. The van der Waals surface area contributed by atoms with E-state index in [1.807, 2.05) is 10.7 Å². The van der Waals surface area contributed by atoms with Gasteiger partial charge in [0.15, 0.2) is 15.5 Å². The van der Waals surface area contributed by atoms with Crippen LogP contribution < -0.4 is 9.47 Å². The van der Waals surface area contributed by atoms with Gasteiger partial charge in [0.05, 0.1) is 26.9 Å². The minimum atomic E-state index is 0.110. The van der Waals surface area contributed by atoms with Crippen LogP contribution in [0.3, 0.4) is 0 Å². The molecule has 5 nitrogen and oxygen atoms in total. The van der Waals surface area contributed by atoms with Crippen molar-refractivity contribution < 1.29 is 9.47 Å². The van der Waals surface area contributed by atoms with E-state index in [1.54, 1.807) is 19.7 Å². The maximum absolute atomic E-state index is 5.57. The van der Waals surface area contributed by atoms with E-state index in [2.05, 4.69) is 46.4 Å². The molecule has 1 aliphatic heterocycles. The summed E-state index contributed by atoms with van der Waals surface area (Å²) >= 11 is 6.91. The number of aromatic nitrogens is 2. The molecule has 0 saturated carbocycles. The van der Waals surface area contributed by atoms with E-state index < -0.39 is 0 Å². The smallest absolute Gasteiger partial charge is 0.180 e. The van der Waals surface area contributed by atoms with Crippen molar-refractivity contribution in [1.82, 2.24) is 14.7 Å². The fraction of sp³-hybridized carbons (Fsp3) is 0.300. The van der Waals surface area contributed by atoms with Crippen molar-refractivity contribution in [3.63, 3.8) is 0 Å². The number of rotatable bonds is 5. The standard InChI is InChI=1S/C20H21N3O2S2/c1-24-17-10-15-8-9-22(13-23-20(26)27-12-21-23)19(14-6-4-3-5-7-14)16(15)11-18(17)25-2/h3-7,10-12,19H,8-9,13H2,1-2H3. The molecule has 7 heteroatoms. The van der Waals surface area contributed by atoms with Gasteiger partial charge in [-0.25, -0.2) is 4.68 Å². The molecule has 1 unspecified atom stereocenters. The predicted molar refractivity (Wildman–Crippen MR) is 109 cm³/mol. The van der Waals surface area contributed by atoms with Gasteiger partial charge in [0.2, 0.25) is 0 Å². The molecule has 0 saturated heterocycles. The highest BCUT2D eigenvalue weighted by molar-refractivity contribution is 7.73. The first-order chi connectivity index (χ1) is 13.2. The van der Waals surface area contributed by atoms with Gasteiger partial charge in [-0.2, -0.15) is 5.10 Å². The molecule has 0 radical (unpaired) electrons. The number of benzene rings is 2. The molecule has 140 valence electrons.